The molecule has 1 aliphatic rings. The van der Waals surface area contributed by atoms with Crippen LogP contribution in [0, 0.1) is 0 Å². The zero-order chi connectivity index (χ0) is 16.5. The van der Waals surface area contributed by atoms with Gasteiger partial charge in [0.1, 0.15) is 6.10 Å². The van der Waals surface area contributed by atoms with Crippen LogP contribution in [0.2, 0.25) is 0 Å². The van der Waals surface area contributed by atoms with Crippen LogP contribution in [0.5, 0.6) is 0 Å². The number of rotatable bonds is 3. The summed E-state index contributed by atoms with van der Waals surface area (Å²) < 4.78 is 5.79. The third-order valence-electron chi connectivity index (χ3n) is 4.68. The quantitative estimate of drug-likeness (QED) is 0.661. The van der Waals surface area contributed by atoms with Crippen LogP contribution in [0.1, 0.15) is 46.6 Å². The standard InChI is InChI=1S/C21H19NO2/c1-14(15-8-3-2-4-9-15)24-21(23)20-16-10-5-6-12-18(16)22-19-13-7-11-17(19)20/h2-6,8-10,12,14H,7,11,13H2,1H3/t14-/m0/s1. The summed E-state index contributed by atoms with van der Waals surface area (Å²) in [4.78, 5) is 17.7. The van der Waals surface area contributed by atoms with Crippen LogP contribution in [0.4, 0.5) is 0 Å². The van der Waals surface area contributed by atoms with Gasteiger partial charge in [-0.15, -0.1) is 0 Å². The van der Waals surface area contributed by atoms with Crippen molar-refractivity contribution in [2.75, 3.05) is 0 Å². The van der Waals surface area contributed by atoms with Gasteiger partial charge in [0, 0.05) is 11.1 Å². The van der Waals surface area contributed by atoms with Crippen molar-refractivity contribution in [3.8, 4) is 0 Å². The summed E-state index contributed by atoms with van der Waals surface area (Å²) in [6.07, 6.45) is 2.61. The predicted octanol–water partition coefficient (Wildman–Crippen LogP) is 4.64. The molecule has 1 aliphatic carbocycles. The third kappa shape index (κ3) is 2.56. The molecule has 0 bridgehead atoms. The molecule has 0 aliphatic heterocycles. The van der Waals surface area contributed by atoms with E-state index in [0.717, 1.165) is 47.0 Å². The highest BCUT2D eigenvalue weighted by Gasteiger charge is 2.25. The minimum absolute atomic E-state index is 0.247. The molecule has 3 nitrogen and oxygen atoms in total. The van der Waals surface area contributed by atoms with Gasteiger partial charge in [0.25, 0.3) is 0 Å². The van der Waals surface area contributed by atoms with E-state index in [0.29, 0.717) is 5.56 Å². The number of pyridine rings is 1. The van der Waals surface area contributed by atoms with Crippen LogP contribution in [-0.2, 0) is 17.6 Å². The van der Waals surface area contributed by atoms with Crippen molar-refractivity contribution in [1.29, 1.82) is 0 Å². The number of aromatic nitrogens is 1. The molecule has 0 N–H and O–H groups in total. The molecular weight excluding hydrogens is 298 g/mol. The first-order chi connectivity index (χ1) is 11.7. The van der Waals surface area contributed by atoms with E-state index in [1.165, 1.54) is 0 Å². The fraction of sp³-hybridized carbons (Fsp3) is 0.238. The Balaban J connectivity index is 1.74. The number of nitrogens with zero attached hydrogens (tertiary/aromatic N) is 1. The molecule has 1 heterocycles. The molecule has 1 aromatic heterocycles. The van der Waals surface area contributed by atoms with Gasteiger partial charge in [-0.25, -0.2) is 4.79 Å². The van der Waals surface area contributed by atoms with E-state index in [4.69, 9.17) is 9.72 Å². The lowest BCUT2D eigenvalue weighted by molar-refractivity contribution is 0.0339. The molecule has 4 rings (SSSR count). The Morgan fingerprint density at radius 3 is 2.62 bits per heavy atom. The first kappa shape index (κ1) is 14.9. The highest BCUT2D eigenvalue weighted by molar-refractivity contribution is 6.05. The Morgan fingerprint density at radius 1 is 1.04 bits per heavy atom. The summed E-state index contributed by atoms with van der Waals surface area (Å²) >= 11 is 0. The average molecular weight is 317 g/mol. The molecule has 120 valence electrons. The van der Waals surface area contributed by atoms with Gasteiger partial charge in [-0.3, -0.25) is 4.98 Å². The second-order valence-electron chi connectivity index (χ2n) is 6.24. The number of fused-ring (bicyclic) bond motifs is 2. The first-order valence-corrected chi connectivity index (χ1v) is 8.40. The highest BCUT2D eigenvalue weighted by Crippen LogP contribution is 2.31. The van der Waals surface area contributed by atoms with Crippen molar-refractivity contribution < 1.29 is 9.53 Å². The summed E-state index contributed by atoms with van der Waals surface area (Å²) in [6, 6.07) is 17.7. The minimum atomic E-state index is -0.275. The van der Waals surface area contributed by atoms with Gasteiger partial charge >= 0.3 is 5.97 Å². The van der Waals surface area contributed by atoms with Crippen molar-refractivity contribution >= 4 is 16.9 Å². The molecular formula is C21H19NO2. The second-order valence-corrected chi connectivity index (χ2v) is 6.24. The maximum atomic E-state index is 13.0. The Kier molecular flexibility index (Phi) is 3.77. The number of carbonyl (C=O) groups excluding carboxylic acids is 1. The van der Waals surface area contributed by atoms with E-state index in [2.05, 4.69) is 0 Å². The van der Waals surface area contributed by atoms with Crippen LogP contribution in [0.15, 0.2) is 54.6 Å². The van der Waals surface area contributed by atoms with Gasteiger partial charge in [0.2, 0.25) is 0 Å². The molecule has 0 fully saturated rings. The Hall–Kier alpha value is -2.68. The van der Waals surface area contributed by atoms with Crippen molar-refractivity contribution in [2.24, 2.45) is 0 Å². The summed E-state index contributed by atoms with van der Waals surface area (Å²) in [6.45, 7) is 1.91. The van der Waals surface area contributed by atoms with Crippen LogP contribution >= 0.6 is 0 Å². The smallest absolute Gasteiger partial charge is 0.339 e. The molecule has 2 aromatic carbocycles. The average Bonchev–Trinajstić information content (AvgIpc) is 3.08. The van der Waals surface area contributed by atoms with Crippen LogP contribution in [0.3, 0.4) is 0 Å². The predicted molar refractivity (Wildman–Crippen MR) is 94.0 cm³/mol. The molecule has 0 saturated carbocycles. The number of carbonyl (C=O) groups is 1. The Morgan fingerprint density at radius 2 is 1.79 bits per heavy atom. The van der Waals surface area contributed by atoms with Crippen LogP contribution in [0.25, 0.3) is 10.9 Å². The fourth-order valence-corrected chi connectivity index (χ4v) is 3.46. The van der Waals surface area contributed by atoms with E-state index in [1.807, 2.05) is 61.5 Å². The normalized spacial score (nSPS) is 14.4. The number of esters is 1. The third-order valence-corrected chi connectivity index (χ3v) is 4.68. The zero-order valence-electron chi connectivity index (χ0n) is 13.7. The lowest BCUT2D eigenvalue weighted by atomic mass is 10.0. The lowest BCUT2D eigenvalue weighted by Crippen LogP contribution is -2.13. The van der Waals surface area contributed by atoms with E-state index in [1.54, 1.807) is 0 Å². The molecule has 24 heavy (non-hydrogen) atoms. The van der Waals surface area contributed by atoms with Gasteiger partial charge in [-0.05, 0) is 43.4 Å². The molecule has 3 aromatic rings. The topological polar surface area (TPSA) is 39.2 Å². The largest absolute Gasteiger partial charge is 0.454 e. The van der Waals surface area contributed by atoms with Gasteiger partial charge in [-0.1, -0.05) is 48.5 Å². The number of hydrogen-bond donors (Lipinski definition) is 0. The second kappa shape index (κ2) is 6.08. The monoisotopic (exact) mass is 317 g/mol. The van der Waals surface area contributed by atoms with E-state index < -0.39 is 0 Å². The van der Waals surface area contributed by atoms with Gasteiger partial charge < -0.3 is 4.74 Å². The van der Waals surface area contributed by atoms with Crippen molar-refractivity contribution in [3.63, 3.8) is 0 Å². The Bertz CT molecular complexity index is 902. The summed E-state index contributed by atoms with van der Waals surface area (Å²) in [5.41, 5.74) is 4.70. The lowest BCUT2D eigenvalue weighted by Gasteiger charge is -2.16. The molecule has 0 unspecified atom stereocenters. The number of para-hydroxylation sites is 1. The fourth-order valence-electron chi connectivity index (χ4n) is 3.46. The molecule has 0 radical (unpaired) electrons. The maximum absolute atomic E-state index is 13.0. The highest BCUT2D eigenvalue weighted by atomic mass is 16.5. The SMILES string of the molecule is C[C@H](OC(=O)c1c2c(nc3ccccc13)CCC2)c1ccccc1. The number of ether oxygens (including phenoxy) is 1. The Labute approximate surface area is 141 Å². The van der Waals surface area contributed by atoms with Gasteiger partial charge in [0.05, 0.1) is 11.1 Å². The van der Waals surface area contributed by atoms with E-state index in [-0.39, 0.29) is 12.1 Å². The van der Waals surface area contributed by atoms with Crippen LogP contribution < -0.4 is 0 Å². The minimum Gasteiger partial charge on any atom is -0.454 e. The first-order valence-electron chi connectivity index (χ1n) is 8.40. The van der Waals surface area contributed by atoms with Crippen molar-refractivity contribution in [1.82, 2.24) is 4.98 Å². The number of aryl methyl sites for hydroxylation is 1. The van der Waals surface area contributed by atoms with Gasteiger partial charge in [-0.2, -0.15) is 0 Å². The van der Waals surface area contributed by atoms with Gasteiger partial charge in [0.15, 0.2) is 0 Å². The molecule has 0 saturated heterocycles. The molecule has 3 heteroatoms. The maximum Gasteiger partial charge on any atom is 0.339 e. The van der Waals surface area contributed by atoms with Crippen LogP contribution in [-0.4, -0.2) is 11.0 Å². The zero-order valence-corrected chi connectivity index (χ0v) is 13.7. The summed E-state index contributed by atoms with van der Waals surface area (Å²) in [5, 5.41) is 0.892. The molecule has 0 amide bonds. The van der Waals surface area contributed by atoms with E-state index in [9.17, 15) is 4.79 Å². The summed E-state index contributed by atoms with van der Waals surface area (Å²) in [5.74, 6) is -0.247. The number of benzene rings is 2. The van der Waals surface area contributed by atoms with Crippen molar-refractivity contribution in [2.45, 2.75) is 32.3 Å². The van der Waals surface area contributed by atoms with E-state index >= 15 is 0 Å². The molecule has 1 atom stereocenters. The number of hydrogen-bond acceptors (Lipinski definition) is 3. The molecule has 0 spiro atoms. The summed E-state index contributed by atoms with van der Waals surface area (Å²) in [7, 11) is 0. The van der Waals surface area contributed by atoms with Crippen molar-refractivity contribution in [3.05, 3.63) is 77.0 Å².